The molecule has 0 spiro atoms. The molecule has 1 fully saturated rings. The van der Waals surface area contributed by atoms with Crippen LogP contribution in [0.2, 0.25) is 0 Å². The van der Waals surface area contributed by atoms with Crippen molar-refractivity contribution in [2.24, 2.45) is 0 Å². The van der Waals surface area contributed by atoms with Crippen molar-refractivity contribution in [2.45, 2.75) is 37.6 Å². The van der Waals surface area contributed by atoms with E-state index in [1.165, 1.54) is 0 Å². The van der Waals surface area contributed by atoms with Gasteiger partial charge in [0, 0.05) is 12.0 Å². The first-order valence-corrected chi connectivity index (χ1v) is 7.26. The first kappa shape index (κ1) is 15.0. The lowest BCUT2D eigenvalue weighted by Gasteiger charge is -2.27. The maximum atomic E-state index is 12.1. The van der Waals surface area contributed by atoms with Gasteiger partial charge in [0.25, 0.3) is 11.5 Å². The van der Waals surface area contributed by atoms with E-state index in [0.717, 1.165) is 31.4 Å². The lowest BCUT2D eigenvalue weighted by molar-refractivity contribution is 0.0920. The van der Waals surface area contributed by atoms with Gasteiger partial charge in [-0.2, -0.15) is 15.4 Å². The summed E-state index contributed by atoms with van der Waals surface area (Å²) in [5.74, 6) is -1.13. The second-order valence-corrected chi connectivity index (χ2v) is 5.55. The first-order chi connectivity index (χ1) is 11.0. The summed E-state index contributed by atoms with van der Waals surface area (Å²) in [5.41, 5.74) is -1.36. The summed E-state index contributed by atoms with van der Waals surface area (Å²) in [7, 11) is 0. The maximum Gasteiger partial charge on any atom is 0.328 e. The molecule has 2 aromatic rings. The van der Waals surface area contributed by atoms with E-state index >= 15 is 0 Å². The molecule has 10 nitrogen and oxygen atoms in total. The van der Waals surface area contributed by atoms with Gasteiger partial charge in [-0.1, -0.05) is 0 Å². The minimum atomic E-state index is -0.917. The minimum Gasteiger partial charge on any atom is -0.494 e. The number of amides is 1. The molecule has 10 heteroatoms. The predicted octanol–water partition coefficient (Wildman–Crippen LogP) is -0.657. The van der Waals surface area contributed by atoms with Crippen molar-refractivity contribution in [3.05, 3.63) is 38.3 Å². The zero-order valence-electron chi connectivity index (χ0n) is 12.1. The van der Waals surface area contributed by atoms with Crippen LogP contribution in [0.15, 0.2) is 15.8 Å². The molecule has 1 amide bonds. The summed E-state index contributed by atoms with van der Waals surface area (Å²) < 4.78 is 0. The lowest BCUT2D eigenvalue weighted by atomic mass is 9.84. The Morgan fingerprint density at radius 3 is 2.57 bits per heavy atom. The molecule has 1 aliphatic rings. The van der Waals surface area contributed by atoms with Gasteiger partial charge in [0.05, 0.1) is 11.9 Å². The Bertz CT molecular complexity index is 801. The van der Waals surface area contributed by atoms with Crippen molar-refractivity contribution in [1.29, 1.82) is 0 Å². The van der Waals surface area contributed by atoms with Gasteiger partial charge >= 0.3 is 5.69 Å². The van der Waals surface area contributed by atoms with Crippen molar-refractivity contribution in [1.82, 2.24) is 30.7 Å². The Morgan fingerprint density at radius 2 is 1.96 bits per heavy atom. The van der Waals surface area contributed by atoms with Crippen LogP contribution in [0.25, 0.3) is 0 Å². The van der Waals surface area contributed by atoms with Gasteiger partial charge in [0.1, 0.15) is 0 Å². The topological polar surface area (TPSA) is 157 Å². The van der Waals surface area contributed by atoms with Gasteiger partial charge in [-0.05, 0) is 25.7 Å². The summed E-state index contributed by atoms with van der Waals surface area (Å²) in [6.45, 7) is 0. The molecule has 1 aliphatic carbocycles. The molecule has 2 heterocycles. The van der Waals surface area contributed by atoms with E-state index in [-0.39, 0.29) is 6.04 Å². The summed E-state index contributed by atoms with van der Waals surface area (Å²) in [5, 5.41) is 22.7. The average Bonchev–Trinajstić information content (AvgIpc) is 3.01. The molecular formula is C13H16N6O4. The van der Waals surface area contributed by atoms with Crippen LogP contribution in [-0.4, -0.2) is 42.4 Å². The van der Waals surface area contributed by atoms with Crippen molar-refractivity contribution in [2.75, 3.05) is 0 Å². The minimum absolute atomic E-state index is 0.101. The highest BCUT2D eigenvalue weighted by Crippen LogP contribution is 2.31. The molecule has 122 valence electrons. The molecule has 0 saturated heterocycles. The number of H-pyrrole nitrogens is 3. The molecule has 0 atom stereocenters. The van der Waals surface area contributed by atoms with E-state index in [4.69, 9.17) is 0 Å². The molecular weight excluding hydrogens is 304 g/mol. The fourth-order valence-corrected chi connectivity index (χ4v) is 2.88. The van der Waals surface area contributed by atoms with Gasteiger partial charge in [0.15, 0.2) is 5.56 Å². The van der Waals surface area contributed by atoms with E-state index in [2.05, 4.69) is 20.7 Å². The molecule has 0 unspecified atom stereocenters. The van der Waals surface area contributed by atoms with E-state index in [1.807, 2.05) is 9.97 Å². The molecule has 23 heavy (non-hydrogen) atoms. The highest BCUT2D eigenvalue weighted by Gasteiger charge is 2.27. The zero-order valence-corrected chi connectivity index (χ0v) is 12.1. The van der Waals surface area contributed by atoms with Gasteiger partial charge < -0.3 is 10.4 Å². The summed E-state index contributed by atoms with van der Waals surface area (Å²) in [4.78, 5) is 38.7. The van der Waals surface area contributed by atoms with Crippen LogP contribution < -0.4 is 16.6 Å². The molecule has 1 saturated carbocycles. The largest absolute Gasteiger partial charge is 0.494 e. The van der Waals surface area contributed by atoms with Crippen LogP contribution in [0.3, 0.4) is 0 Å². The normalized spacial score (nSPS) is 21.0. The fraction of sp³-hybridized carbons (Fsp3) is 0.462. The number of nitrogens with one attached hydrogen (secondary N) is 4. The molecule has 0 aromatic carbocycles. The molecule has 5 N–H and O–H groups in total. The van der Waals surface area contributed by atoms with Crippen molar-refractivity contribution < 1.29 is 9.90 Å². The van der Waals surface area contributed by atoms with E-state index in [0.29, 0.717) is 5.92 Å². The van der Waals surface area contributed by atoms with Crippen LogP contribution in [-0.2, 0) is 0 Å². The maximum absolute atomic E-state index is 12.1. The lowest BCUT2D eigenvalue weighted by Crippen LogP contribution is -2.40. The van der Waals surface area contributed by atoms with Crippen LogP contribution in [0.4, 0.5) is 0 Å². The first-order valence-electron chi connectivity index (χ1n) is 7.26. The number of hydrogen-bond donors (Lipinski definition) is 5. The molecule has 0 bridgehead atoms. The van der Waals surface area contributed by atoms with Gasteiger partial charge in [0.2, 0.25) is 5.88 Å². The second kappa shape index (κ2) is 6.07. The summed E-state index contributed by atoms with van der Waals surface area (Å²) in [6.07, 6.45) is 4.83. The van der Waals surface area contributed by atoms with Crippen LogP contribution in [0.1, 0.15) is 47.7 Å². The van der Waals surface area contributed by atoms with Crippen molar-refractivity contribution in [3.63, 3.8) is 0 Å². The summed E-state index contributed by atoms with van der Waals surface area (Å²) in [6, 6.07) is -0.101. The van der Waals surface area contributed by atoms with Crippen molar-refractivity contribution in [3.8, 4) is 5.88 Å². The monoisotopic (exact) mass is 320 g/mol. The predicted molar refractivity (Wildman–Crippen MR) is 78.2 cm³/mol. The number of carbonyl (C=O) groups is 1. The third-order valence-corrected chi connectivity index (χ3v) is 4.06. The quantitative estimate of drug-likeness (QED) is 0.505. The molecule has 0 aliphatic heterocycles. The number of nitrogens with zero attached hydrogens (tertiary/aromatic N) is 2. The van der Waals surface area contributed by atoms with E-state index < -0.39 is 28.6 Å². The fourth-order valence-electron chi connectivity index (χ4n) is 2.88. The number of carbonyl (C=O) groups excluding carboxylic acids is 1. The van der Waals surface area contributed by atoms with Crippen LogP contribution >= 0.6 is 0 Å². The average molecular weight is 320 g/mol. The number of aromatic nitrogens is 5. The SMILES string of the molecule is O=C(NC1CCC(c2cn[nH]n2)CC1)c1c(O)[nH]c(=O)[nH]c1=O. The third-order valence-electron chi connectivity index (χ3n) is 4.06. The Hall–Kier alpha value is -2.91. The standard InChI is InChI=1S/C13H16N6O4/c20-10(9-11(21)16-13(23)17-12(9)22)15-7-3-1-6(2-4-7)8-5-14-19-18-8/h5-7H,1-4H2,(H,15,20)(H,14,18,19)(H3,16,17,21,22,23). The van der Waals surface area contributed by atoms with Gasteiger partial charge in [-0.15, -0.1) is 0 Å². The molecule has 0 radical (unpaired) electrons. The highest BCUT2D eigenvalue weighted by molar-refractivity contribution is 5.95. The van der Waals surface area contributed by atoms with Crippen LogP contribution in [0.5, 0.6) is 5.88 Å². The second-order valence-electron chi connectivity index (χ2n) is 5.55. The highest BCUT2D eigenvalue weighted by atomic mass is 16.3. The summed E-state index contributed by atoms with van der Waals surface area (Å²) >= 11 is 0. The van der Waals surface area contributed by atoms with Crippen molar-refractivity contribution >= 4 is 5.91 Å². The molecule has 3 rings (SSSR count). The smallest absolute Gasteiger partial charge is 0.328 e. The molecule has 2 aromatic heterocycles. The number of rotatable bonds is 3. The Kier molecular flexibility index (Phi) is 3.96. The van der Waals surface area contributed by atoms with E-state index in [1.54, 1.807) is 6.20 Å². The number of aromatic hydroxyl groups is 1. The Labute approximate surface area is 129 Å². The Balaban J connectivity index is 1.64. The number of hydrogen-bond acceptors (Lipinski definition) is 6. The number of aromatic amines is 3. The third kappa shape index (κ3) is 3.15. The van der Waals surface area contributed by atoms with Gasteiger partial charge in [-0.25, -0.2) is 4.79 Å². The van der Waals surface area contributed by atoms with Crippen LogP contribution in [0, 0.1) is 0 Å². The zero-order chi connectivity index (χ0) is 16.4. The van der Waals surface area contributed by atoms with E-state index in [9.17, 15) is 19.5 Å². The van der Waals surface area contributed by atoms with Gasteiger partial charge in [-0.3, -0.25) is 19.6 Å². The Morgan fingerprint density at radius 1 is 1.22 bits per heavy atom.